The van der Waals surface area contributed by atoms with Crippen molar-refractivity contribution in [2.75, 3.05) is 11.4 Å². The van der Waals surface area contributed by atoms with Gasteiger partial charge in [-0.1, -0.05) is 13.8 Å². The predicted octanol–water partition coefficient (Wildman–Crippen LogP) is 3.38. The summed E-state index contributed by atoms with van der Waals surface area (Å²) in [7, 11) is 0. The maximum absolute atomic E-state index is 4.59. The Labute approximate surface area is 129 Å². The molecule has 0 aromatic carbocycles. The van der Waals surface area contributed by atoms with Gasteiger partial charge in [0.25, 0.3) is 0 Å². The van der Waals surface area contributed by atoms with E-state index in [1.165, 1.54) is 19.3 Å². The van der Waals surface area contributed by atoms with Gasteiger partial charge in [0, 0.05) is 42.6 Å². The summed E-state index contributed by atoms with van der Waals surface area (Å²) in [5.74, 6) is 1.62. The van der Waals surface area contributed by atoms with E-state index in [-0.39, 0.29) is 5.54 Å². The average Bonchev–Trinajstić information content (AvgIpc) is 3.21. The zero-order chi connectivity index (χ0) is 15.5. The molecule has 0 bridgehead atoms. The molecule has 0 spiro atoms. The smallest absolute Gasteiger partial charge is 0.225 e. The Balaban J connectivity index is 1.95. The number of nitrogens with one attached hydrogen (secondary N) is 1. The van der Waals surface area contributed by atoms with Crippen LogP contribution < -0.4 is 10.2 Å². The lowest BCUT2D eigenvalue weighted by Gasteiger charge is -2.24. The second-order valence-electron chi connectivity index (χ2n) is 7.60. The van der Waals surface area contributed by atoms with Crippen LogP contribution in [0.2, 0.25) is 0 Å². The summed E-state index contributed by atoms with van der Waals surface area (Å²) in [6.07, 6.45) is 7.70. The Morgan fingerprint density at radius 2 is 1.86 bits per heavy atom. The standard InChI is InChI=1S/C17H30N4/c1-13(2)8-9-21(15-6-7-15)16-18-10-14(11-19-16)12-20-17(3,4)5/h10-11,13,15,20H,6-9,12H2,1-5H3. The zero-order valence-corrected chi connectivity index (χ0v) is 14.2. The number of nitrogens with zero attached hydrogens (tertiary/aromatic N) is 3. The highest BCUT2D eigenvalue weighted by atomic mass is 15.3. The number of hydrogen-bond donors (Lipinski definition) is 1. The maximum atomic E-state index is 4.59. The van der Waals surface area contributed by atoms with Gasteiger partial charge in [-0.15, -0.1) is 0 Å². The highest BCUT2D eigenvalue weighted by Gasteiger charge is 2.30. The molecule has 1 aromatic rings. The van der Waals surface area contributed by atoms with Crippen molar-refractivity contribution in [2.45, 2.75) is 72.0 Å². The molecule has 1 aliphatic carbocycles. The molecular weight excluding hydrogens is 260 g/mol. The second-order valence-corrected chi connectivity index (χ2v) is 7.60. The summed E-state index contributed by atoms with van der Waals surface area (Å²) in [4.78, 5) is 11.6. The second kappa shape index (κ2) is 6.73. The SMILES string of the molecule is CC(C)CCN(c1ncc(CNC(C)(C)C)cn1)C1CC1. The summed E-state index contributed by atoms with van der Waals surface area (Å²) < 4.78 is 0. The average molecular weight is 290 g/mol. The van der Waals surface area contributed by atoms with Crippen molar-refractivity contribution in [3.05, 3.63) is 18.0 Å². The summed E-state index contributed by atoms with van der Waals surface area (Å²) in [5.41, 5.74) is 1.27. The van der Waals surface area contributed by atoms with E-state index in [0.29, 0.717) is 6.04 Å². The molecule has 0 radical (unpaired) electrons. The highest BCUT2D eigenvalue weighted by Crippen LogP contribution is 2.30. The van der Waals surface area contributed by atoms with E-state index in [4.69, 9.17) is 0 Å². The van der Waals surface area contributed by atoms with E-state index >= 15 is 0 Å². The van der Waals surface area contributed by atoms with Gasteiger partial charge in [0.1, 0.15) is 0 Å². The van der Waals surface area contributed by atoms with Crippen molar-refractivity contribution in [2.24, 2.45) is 5.92 Å². The van der Waals surface area contributed by atoms with Gasteiger partial charge in [-0.05, 0) is 46.0 Å². The highest BCUT2D eigenvalue weighted by molar-refractivity contribution is 5.34. The third-order valence-electron chi connectivity index (χ3n) is 3.71. The van der Waals surface area contributed by atoms with E-state index < -0.39 is 0 Å². The van der Waals surface area contributed by atoms with Crippen LogP contribution in [0.25, 0.3) is 0 Å². The molecule has 0 saturated heterocycles. The Hall–Kier alpha value is -1.16. The fraction of sp³-hybridized carbons (Fsp3) is 0.765. The molecule has 0 aliphatic heterocycles. The largest absolute Gasteiger partial charge is 0.338 e. The minimum absolute atomic E-state index is 0.121. The van der Waals surface area contributed by atoms with Crippen molar-refractivity contribution in [1.82, 2.24) is 15.3 Å². The molecule has 118 valence electrons. The first-order valence-corrected chi connectivity index (χ1v) is 8.18. The molecule has 1 aromatic heterocycles. The predicted molar refractivity (Wildman–Crippen MR) is 88.4 cm³/mol. The van der Waals surface area contributed by atoms with Crippen LogP contribution in [0.15, 0.2) is 12.4 Å². The van der Waals surface area contributed by atoms with Crippen LogP contribution in [0, 0.1) is 5.92 Å². The molecular formula is C17H30N4. The van der Waals surface area contributed by atoms with Crippen LogP contribution in [0.3, 0.4) is 0 Å². The molecule has 4 nitrogen and oxygen atoms in total. The topological polar surface area (TPSA) is 41.1 Å². The molecule has 1 aliphatic rings. The monoisotopic (exact) mass is 290 g/mol. The lowest BCUT2D eigenvalue weighted by Crippen LogP contribution is -2.35. The van der Waals surface area contributed by atoms with Crippen LogP contribution in [0.1, 0.15) is 59.4 Å². The molecule has 1 fully saturated rings. The number of rotatable bonds is 7. The van der Waals surface area contributed by atoms with Crippen LogP contribution in [-0.4, -0.2) is 28.1 Å². The van der Waals surface area contributed by atoms with Crippen LogP contribution in [0.5, 0.6) is 0 Å². The van der Waals surface area contributed by atoms with Crippen LogP contribution in [0.4, 0.5) is 5.95 Å². The first-order chi connectivity index (χ1) is 9.85. The van der Waals surface area contributed by atoms with Crippen molar-refractivity contribution < 1.29 is 0 Å². The quantitative estimate of drug-likeness (QED) is 0.836. The van der Waals surface area contributed by atoms with Gasteiger partial charge in [-0.3, -0.25) is 0 Å². The van der Waals surface area contributed by atoms with E-state index in [1.807, 2.05) is 12.4 Å². The Morgan fingerprint density at radius 3 is 2.33 bits per heavy atom. The van der Waals surface area contributed by atoms with Crippen LogP contribution in [-0.2, 0) is 6.54 Å². The lowest BCUT2D eigenvalue weighted by atomic mass is 10.1. The molecule has 4 heteroatoms. The van der Waals surface area contributed by atoms with Gasteiger partial charge in [0.15, 0.2) is 0 Å². The van der Waals surface area contributed by atoms with Crippen molar-refractivity contribution in [1.29, 1.82) is 0 Å². The first-order valence-electron chi connectivity index (χ1n) is 8.18. The van der Waals surface area contributed by atoms with Crippen LogP contribution >= 0.6 is 0 Å². The van der Waals surface area contributed by atoms with Crippen molar-refractivity contribution in [3.8, 4) is 0 Å². The van der Waals surface area contributed by atoms with Crippen molar-refractivity contribution >= 4 is 5.95 Å². The molecule has 0 unspecified atom stereocenters. The van der Waals surface area contributed by atoms with Gasteiger partial charge in [0.2, 0.25) is 5.95 Å². The normalized spacial score (nSPS) is 15.5. The van der Waals surface area contributed by atoms with E-state index in [1.54, 1.807) is 0 Å². The van der Waals surface area contributed by atoms with E-state index in [9.17, 15) is 0 Å². The Kier molecular flexibility index (Phi) is 5.20. The Bertz CT molecular complexity index is 429. The molecule has 0 amide bonds. The molecule has 1 saturated carbocycles. The zero-order valence-electron chi connectivity index (χ0n) is 14.2. The van der Waals surface area contributed by atoms with Gasteiger partial charge in [0.05, 0.1) is 0 Å². The molecule has 21 heavy (non-hydrogen) atoms. The van der Waals surface area contributed by atoms with Gasteiger partial charge >= 0.3 is 0 Å². The number of hydrogen-bond acceptors (Lipinski definition) is 4. The molecule has 1 N–H and O–H groups in total. The summed E-state index contributed by atoms with van der Waals surface area (Å²) >= 11 is 0. The molecule has 1 heterocycles. The number of anilines is 1. The fourth-order valence-electron chi connectivity index (χ4n) is 2.18. The molecule has 2 rings (SSSR count). The minimum atomic E-state index is 0.121. The fourth-order valence-corrected chi connectivity index (χ4v) is 2.18. The van der Waals surface area contributed by atoms with Gasteiger partial charge < -0.3 is 10.2 Å². The third kappa shape index (κ3) is 5.62. The van der Waals surface area contributed by atoms with Gasteiger partial charge in [-0.25, -0.2) is 9.97 Å². The Morgan fingerprint density at radius 1 is 1.24 bits per heavy atom. The summed E-state index contributed by atoms with van der Waals surface area (Å²) in [6.45, 7) is 12.9. The van der Waals surface area contributed by atoms with Gasteiger partial charge in [-0.2, -0.15) is 0 Å². The summed E-state index contributed by atoms with van der Waals surface area (Å²) in [6, 6.07) is 0.669. The van der Waals surface area contributed by atoms with E-state index in [0.717, 1.165) is 30.5 Å². The van der Waals surface area contributed by atoms with E-state index in [2.05, 4.69) is 54.8 Å². The number of aromatic nitrogens is 2. The third-order valence-corrected chi connectivity index (χ3v) is 3.71. The first kappa shape index (κ1) is 16.2. The van der Waals surface area contributed by atoms with Crippen molar-refractivity contribution in [3.63, 3.8) is 0 Å². The minimum Gasteiger partial charge on any atom is -0.338 e. The maximum Gasteiger partial charge on any atom is 0.225 e. The lowest BCUT2D eigenvalue weighted by molar-refractivity contribution is 0.423. The molecule has 0 atom stereocenters. The summed E-state index contributed by atoms with van der Waals surface area (Å²) in [5, 5.41) is 3.47.